The van der Waals surface area contributed by atoms with Crippen LogP contribution in [0.3, 0.4) is 0 Å². The highest BCUT2D eigenvalue weighted by Gasteiger charge is 2.21. The Morgan fingerprint density at radius 3 is 3.00 bits per heavy atom. The fourth-order valence-corrected chi connectivity index (χ4v) is 1.78. The van der Waals surface area contributed by atoms with Gasteiger partial charge in [-0.1, -0.05) is 6.07 Å². The van der Waals surface area contributed by atoms with Crippen molar-refractivity contribution in [2.75, 3.05) is 11.4 Å². The minimum atomic E-state index is 0.0406. The Morgan fingerprint density at radius 1 is 1.57 bits per heavy atom. The standard InChI is InChI=1S/C11H10N2O/c1-8(14)13-5-4-10-3-2-9(7-12)6-11(10)13/h2-3,6H,4-5H2,1H3. The molecule has 0 aromatic heterocycles. The topological polar surface area (TPSA) is 44.1 Å². The SMILES string of the molecule is CC(=O)N1CCc2ccc(C#N)cc21. The van der Waals surface area contributed by atoms with Crippen LogP contribution in [-0.4, -0.2) is 12.5 Å². The Bertz CT molecular complexity index is 431. The van der Waals surface area contributed by atoms with Crippen LogP contribution >= 0.6 is 0 Å². The van der Waals surface area contributed by atoms with Crippen molar-refractivity contribution in [3.63, 3.8) is 0 Å². The van der Waals surface area contributed by atoms with Crippen molar-refractivity contribution in [1.82, 2.24) is 0 Å². The van der Waals surface area contributed by atoms with E-state index in [2.05, 4.69) is 6.07 Å². The molecule has 0 saturated heterocycles. The zero-order valence-electron chi connectivity index (χ0n) is 7.95. The number of fused-ring (bicyclic) bond motifs is 1. The molecule has 0 radical (unpaired) electrons. The van der Waals surface area contributed by atoms with Gasteiger partial charge in [0.1, 0.15) is 0 Å². The van der Waals surface area contributed by atoms with Gasteiger partial charge in [0, 0.05) is 19.2 Å². The van der Waals surface area contributed by atoms with E-state index in [1.54, 1.807) is 24.0 Å². The maximum atomic E-state index is 11.3. The van der Waals surface area contributed by atoms with Gasteiger partial charge in [-0.15, -0.1) is 0 Å². The van der Waals surface area contributed by atoms with E-state index >= 15 is 0 Å². The zero-order chi connectivity index (χ0) is 10.1. The first-order valence-electron chi connectivity index (χ1n) is 4.53. The predicted molar refractivity (Wildman–Crippen MR) is 52.9 cm³/mol. The van der Waals surface area contributed by atoms with Gasteiger partial charge in [-0.2, -0.15) is 5.26 Å². The Hall–Kier alpha value is -1.82. The van der Waals surface area contributed by atoms with Crippen molar-refractivity contribution in [2.45, 2.75) is 13.3 Å². The molecule has 0 aliphatic carbocycles. The molecule has 0 N–H and O–H groups in total. The summed E-state index contributed by atoms with van der Waals surface area (Å²) in [6.45, 7) is 2.29. The van der Waals surface area contributed by atoms with E-state index < -0.39 is 0 Å². The van der Waals surface area contributed by atoms with Crippen LogP contribution in [0.2, 0.25) is 0 Å². The molecule has 0 saturated carbocycles. The number of amides is 1. The third-order valence-corrected chi connectivity index (χ3v) is 2.49. The van der Waals surface area contributed by atoms with Crippen LogP contribution < -0.4 is 4.90 Å². The van der Waals surface area contributed by atoms with Crippen molar-refractivity contribution in [2.24, 2.45) is 0 Å². The molecule has 3 nitrogen and oxygen atoms in total. The summed E-state index contributed by atoms with van der Waals surface area (Å²) in [7, 11) is 0. The van der Waals surface area contributed by atoms with E-state index in [1.165, 1.54) is 0 Å². The predicted octanol–water partition coefficient (Wildman–Crippen LogP) is 1.47. The Morgan fingerprint density at radius 2 is 2.36 bits per heavy atom. The fraction of sp³-hybridized carbons (Fsp3) is 0.273. The average Bonchev–Trinajstić information content (AvgIpc) is 2.59. The lowest BCUT2D eigenvalue weighted by molar-refractivity contribution is -0.116. The van der Waals surface area contributed by atoms with Crippen LogP contribution in [0.15, 0.2) is 18.2 Å². The number of benzene rings is 1. The van der Waals surface area contributed by atoms with E-state index in [1.807, 2.05) is 6.07 Å². The molecule has 1 amide bonds. The molecule has 14 heavy (non-hydrogen) atoms. The number of rotatable bonds is 0. The number of anilines is 1. The number of nitrogens with zero attached hydrogens (tertiary/aromatic N) is 2. The highest BCUT2D eigenvalue weighted by Crippen LogP contribution is 2.28. The number of carbonyl (C=O) groups is 1. The second kappa shape index (κ2) is 3.15. The van der Waals surface area contributed by atoms with Crippen LogP contribution in [0, 0.1) is 11.3 Å². The lowest BCUT2D eigenvalue weighted by Gasteiger charge is -2.14. The first-order chi connectivity index (χ1) is 6.72. The number of nitriles is 1. The molecule has 0 fully saturated rings. The molecular weight excluding hydrogens is 176 g/mol. The summed E-state index contributed by atoms with van der Waals surface area (Å²) in [6.07, 6.45) is 0.890. The summed E-state index contributed by atoms with van der Waals surface area (Å²) in [5.41, 5.74) is 2.66. The third kappa shape index (κ3) is 1.25. The molecule has 0 spiro atoms. The number of carbonyl (C=O) groups excluding carboxylic acids is 1. The van der Waals surface area contributed by atoms with Crippen LogP contribution in [0.5, 0.6) is 0 Å². The van der Waals surface area contributed by atoms with Gasteiger partial charge in [-0.05, 0) is 24.1 Å². The van der Waals surface area contributed by atoms with Crippen molar-refractivity contribution in [3.05, 3.63) is 29.3 Å². The quantitative estimate of drug-likeness (QED) is 0.615. The third-order valence-electron chi connectivity index (χ3n) is 2.49. The van der Waals surface area contributed by atoms with Crippen molar-refractivity contribution in [1.29, 1.82) is 5.26 Å². The van der Waals surface area contributed by atoms with E-state index in [0.29, 0.717) is 5.56 Å². The van der Waals surface area contributed by atoms with Gasteiger partial charge >= 0.3 is 0 Å². The van der Waals surface area contributed by atoms with Crippen molar-refractivity contribution < 1.29 is 4.79 Å². The largest absolute Gasteiger partial charge is 0.312 e. The molecule has 0 atom stereocenters. The Kier molecular flexibility index (Phi) is 1.97. The van der Waals surface area contributed by atoms with Gasteiger partial charge in [0.05, 0.1) is 11.6 Å². The van der Waals surface area contributed by atoms with Crippen molar-refractivity contribution >= 4 is 11.6 Å². The number of hydrogen-bond acceptors (Lipinski definition) is 2. The molecule has 1 aliphatic rings. The van der Waals surface area contributed by atoms with Gasteiger partial charge in [0.15, 0.2) is 0 Å². The van der Waals surface area contributed by atoms with Crippen LogP contribution in [0.1, 0.15) is 18.1 Å². The van der Waals surface area contributed by atoms with Crippen LogP contribution in [0.4, 0.5) is 5.69 Å². The highest BCUT2D eigenvalue weighted by molar-refractivity contribution is 5.93. The molecule has 1 heterocycles. The summed E-state index contributed by atoms with van der Waals surface area (Å²) in [4.78, 5) is 13.0. The lowest BCUT2D eigenvalue weighted by atomic mass is 10.1. The zero-order valence-corrected chi connectivity index (χ0v) is 7.95. The summed E-state index contributed by atoms with van der Waals surface area (Å²) in [5, 5.41) is 8.74. The van der Waals surface area contributed by atoms with Gasteiger partial charge in [-0.25, -0.2) is 0 Å². The second-order valence-corrected chi connectivity index (χ2v) is 3.38. The summed E-state index contributed by atoms with van der Waals surface area (Å²) in [6, 6.07) is 7.58. The van der Waals surface area contributed by atoms with Gasteiger partial charge in [-0.3, -0.25) is 4.79 Å². The molecule has 1 aliphatic heterocycles. The van der Waals surface area contributed by atoms with Crippen LogP contribution in [-0.2, 0) is 11.2 Å². The molecule has 1 aromatic carbocycles. The second-order valence-electron chi connectivity index (χ2n) is 3.38. The maximum Gasteiger partial charge on any atom is 0.223 e. The van der Waals surface area contributed by atoms with Crippen LogP contribution in [0.25, 0.3) is 0 Å². The molecule has 0 bridgehead atoms. The molecule has 2 rings (SSSR count). The van der Waals surface area contributed by atoms with Gasteiger partial charge in [0.25, 0.3) is 0 Å². The smallest absolute Gasteiger partial charge is 0.223 e. The molecule has 70 valence electrons. The summed E-state index contributed by atoms with van der Waals surface area (Å²) < 4.78 is 0. The average molecular weight is 186 g/mol. The minimum absolute atomic E-state index is 0.0406. The van der Waals surface area contributed by atoms with Crippen molar-refractivity contribution in [3.8, 4) is 6.07 Å². The molecule has 0 unspecified atom stereocenters. The van der Waals surface area contributed by atoms with E-state index in [4.69, 9.17) is 5.26 Å². The normalized spacial score (nSPS) is 13.6. The van der Waals surface area contributed by atoms with E-state index in [9.17, 15) is 4.79 Å². The number of hydrogen-bond donors (Lipinski definition) is 0. The van der Waals surface area contributed by atoms with E-state index in [0.717, 1.165) is 24.2 Å². The van der Waals surface area contributed by atoms with Gasteiger partial charge in [0.2, 0.25) is 5.91 Å². The minimum Gasteiger partial charge on any atom is -0.312 e. The molecule has 3 heteroatoms. The first kappa shape index (κ1) is 8.76. The highest BCUT2D eigenvalue weighted by atomic mass is 16.2. The Labute approximate surface area is 82.6 Å². The monoisotopic (exact) mass is 186 g/mol. The lowest BCUT2D eigenvalue weighted by Crippen LogP contribution is -2.25. The fourth-order valence-electron chi connectivity index (χ4n) is 1.78. The summed E-state index contributed by atoms with van der Waals surface area (Å²) in [5.74, 6) is 0.0406. The maximum absolute atomic E-state index is 11.3. The summed E-state index contributed by atoms with van der Waals surface area (Å²) >= 11 is 0. The van der Waals surface area contributed by atoms with E-state index in [-0.39, 0.29) is 5.91 Å². The first-order valence-corrected chi connectivity index (χ1v) is 4.53. The Balaban J connectivity index is 2.48. The molecular formula is C11H10N2O. The molecule has 1 aromatic rings. The van der Waals surface area contributed by atoms with Gasteiger partial charge < -0.3 is 4.90 Å².